The number of hydrogen-bond acceptors (Lipinski definition) is 6. The fourth-order valence-corrected chi connectivity index (χ4v) is 4.36. The van der Waals surface area contributed by atoms with Crippen LogP contribution in [0.15, 0.2) is 71.5 Å². The second-order valence-electron chi connectivity index (χ2n) is 6.43. The molecule has 0 heterocycles. The second kappa shape index (κ2) is 11.3. The Kier molecular flexibility index (Phi) is 8.52. The van der Waals surface area contributed by atoms with Crippen molar-refractivity contribution >= 4 is 48.3 Å². The molecule has 0 aliphatic rings. The Labute approximate surface area is 186 Å². The molecule has 1 unspecified atom stereocenters. The summed E-state index contributed by atoms with van der Waals surface area (Å²) in [5.41, 5.74) is 0.873. The molecule has 30 heavy (non-hydrogen) atoms. The van der Waals surface area contributed by atoms with E-state index in [4.69, 9.17) is 20.9 Å². The molecule has 2 atom stereocenters. The van der Waals surface area contributed by atoms with Crippen molar-refractivity contribution < 1.29 is 18.9 Å². The van der Waals surface area contributed by atoms with E-state index in [0.717, 1.165) is 16.3 Å². The quantitative estimate of drug-likeness (QED) is 0.306. The van der Waals surface area contributed by atoms with Gasteiger partial charge in [0.05, 0.1) is 5.02 Å². The molecule has 3 rings (SSSR count). The minimum absolute atomic E-state index is 0.137. The highest BCUT2D eigenvalue weighted by molar-refractivity contribution is 7.98. The van der Waals surface area contributed by atoms with Gasteiger partial charge < -0.3 is 9.63 Å². The molecule has 0 aliphatic carbocycles. The van der Waals surface area contributed by atoms with Crippen molar-refractivity contribution in [2.24, 2.45) is 4.74 Å². The molecular weight excluding hydrogens is 441 g/mol. The van der Waals surface area contributed by atoms with Gasteiger partial charge in [0.25, 0.3) is 0 Å². The summed E-state index contributed by atoms with van der Waals surface area (Å²) in [7, 11) is -2.52. The first-order valence-corrected chi connectivity index (χ1v) is 12.2. The Morgan fingerprint density at radius 1 is 1.13 bits per heavy atom. The maximum absolute atomic E-state index is 12.6. The molecule has 3 aromatic rings. The lowest BCUT2D eigenvalue weighted by Crippen LogP contribution is -2.22. The number of nitrogens with zero attached hydrogens (tertiary/aromatic N) is 1. The summed E-state index contributed by atoms with van der Waals surface area (Å²) in [6.07, 6.45) is 2.33. The normalized spacial score (nSPS) is 12.6. The zero-order chi connectivity index (χ0) is 21.3. The van der Waals surface area contributed by atoms with Crippen LogP contribution in [0.1, 0.15) is 12.0 Å². The molecule has 156 valence electrons. The van der Waals surface area contributed by atoms with Gasteiger partial charge in [0.15, 0.2) is 6.04 Å². The predicted molar refractivity (Wildman–Crippen MR) is 122 cm³/mol. The van der Waals surface area contributed by atoms with E-state index in [1.165, 1.54) is 0 Å². The van der Waals surface area contributed by atoms with Gasteiger partial charge in [-0.3, -0.25) is 4.52 Å². The van der Waals surface area contributed by atoms with Crippen molar-refractivity contribution in [2.75, 3.05) is 12.0 Å². The number of hydrogen-bond donors (Lipinski definition) is 0. The van der Waals surface area contributed by atoms with Crippen molar-refractivity contribution in [1.29, 1.82) is 0 Å². The number of thioether (sulfide) groups is 1. The molecular formula is C22H21ClNO4PS. The van der Waals surface area contributed by atoms with E-state index in [-0.39, 0.29) is 6.61 Å². The molecule has 0 N–H and O–H groups in total. The molecule has 0 fully saturated rings. The maximum atomic E-state index is 12.6. The van der Waals surface area contributed by atoms with E-state index in [2.05, 4.69) is 4.74 Å². The fourth-order valence-electron chi connectivity index (χ4n) is 2.80. The van der Waals surface area contributed by atoms with Crippen LogP contribution in [0.25, 0.3) is 10.8 Å². The smallest absolute Gasteiger partial charge is 0.395 e. The van der Waals surface area contributed by atoms with Gasteiger partial charge >= 0.3 is 14.1 Å². The molecule has 0 aromatic heterocycles. The Balaban J connectivity index is 1.76. The summed E-state index contributed by atoms with van der Waals surface area (Å²) in [5, 5.41) is 1.97. The number of fused-ring (bicyclic) bond motifs is 1. The number of rotatable bonds is 9. The Morgan fingerprint density at radius 3 is 2.63 bits per heavy atom. The van der Waals surface area contributed by atoms with Crippen molar-refractivity contribution in [1.82, 2.24) is 0 Å². The van der Waals surface area contributed by atoms with Gasteiger partial charge in [0.2, 0.25) is 5.75 Å². The highest BCUT2D eigenvalue weighted by Gasteiger charge is 2.24. The first kappa shape index (κ1) is 22.6. The van der Waals surface area contributed by atoms with Crippen molar-refractivity contribution in [3.8, 4) is 5.75 Å². The largest absolute Gasteiger partial charge is 0.575 e. The number of esters is 1. The van der Waals surface area contributed by atoms with E-state index >= 15 is 0 Å². The van der Waals surface area contributed by atoms with Gasteiger partial charge in [-0.05, 0) is 35.4 Å². The lowest BCUT2D eigenvalue weighted by atomic mass is 10.1. The zero-order valence-electron chi connectivity index (χ0n) is 16.4. The van der Waals surface area contributed by atoms with Crippen LogP contribution in [0, 0.1) is 0 Å². The standard InChI is InChI=1S/C22H21ClNO4PS/c1-30-14-13-20(22(25)27-15-16-7-3-2-4-8-16)24-29(26)28-21-18-10-6-5-9-17(18)11-12-19(21)23/h2-12,20H,13-15H2,1H3/t20-/m0/s1. The van der Waals surface area contributed by atoms with E-state index in [1.807, 2.05) is 66.9 Å². The molecule has 0 amide bonds. The molecule has 0 saturated carbocycles. The van der Waals surface area contributed by atoms with Gasteiger partial charge in [0.1, 0.15) is 6.61 Å². The number of carbonyl (C=O) groups excluding carboxylic acids is 1. The number of benzene rings is 3. The van der Waals surface area contributed by atoms with Crippen molar-refractivity contribution in [3.63, 3.8) is 0 Å². The van der Waals surface area contributed by atoms with E-state index < -0.39 is 20.2 Å². The monoisotopic (exact) mass is 461 g/mol. The highest BCUT2D eigenvalue weighted by atomic mass is 35.5. The van der Waals surface area contributed by atoms with E-state index in [0.29, 0.717) is 22.9 Å². The first-order valence-electron chi connectivity index (χ1n) is 9.31. The fraction of sp³-hybridized carbons (Fsp3) is 0.227. The Bertz CT molecular complexity index is 1030. The Hall–Kier alpha value is -2.11. The van der Waals surface area contributed by atoms with Crippen molar-refractivity contribution in [3.05, 3.63) is 77.3 Å². The lowest BCUT2D eigenvalue weighted by molar-refractivity contribution is -0.169. The minimum Gasteiger partial charge on any atom is -0.575 e. The van der Waals surface area contributed by atoms with Gasteiger partial charge in [-0.15, -0.1) is 0 Å². The third-order valence-electron chi connectivity index (χ3n) is 4.33. The van der Waals surface area contributed by atoms with E-state index in [1.54, 1.807) is 17.8 Å². The molecule has 0 radical (unpaired) electrons. The summed E-state index contributed by atoms with van der Waals surface area (Å²) >= 11 is 7.83. The minimum atomic E-state index is -2.52. The molecule has 0 aliphatic heterocycles. The van der Waals surface area contributed by atoms with Gasteiger partial charge in [-0.25, -0.2) is 4.79 Å². The predicted octanol–water partition coefficient (Wildman–Crippen LogP) is 5.59. The third-order valence-corrected chi connectivity index (χ3v) is 6.07. The second-order valence-corrected chi connectivity index (χ2v) is 8.71. The summed E-state index contributed by atoms with van der Waals surface area (Å²) in [5.74, 6) is 0.442. The summed E-state index contributed by atoms with van der Waals surface area (Å²) in [4.78, 5) is 25.2. The average Bonchev–Trinajstić information content (AvgIpc) is 2.77. The topological polar surface area (TPSA) is 71.0 Å². The number of halogens is 1. The summed E-state index contributed by atoms with van der Waals surface area (Å²) < 4.78 is 15.1. The maximum Gasteiger partial charge on any atom is 0.395 e. The van der Waals surface area contributed by atoms with Crippen LogP contribution in [0.4, 0.5) is 0 Å². The number of ether oxygens (including phenoxy) is 1. The zero-order valence-corrected chi connectivity index (χ0v) is 18.8. The van der Waals surface area contributed by atoms with Gasteiger partial charge in [-0.1, -0.05) is 77.0 Å². The molecule has 3 aromatic carbocycles. The van der Waals surface area contributed by atoms with Crippen LogP contribution >= 0.6 is 31.5 Å². The molecule has 8 heteroatoms. The summed E-state index contributed by atoms with van der Waals surface area (Å²) in [6, 6.07) is 19.5. The number of carbonyl (C=O) groups is 1. The molecule has 0 saturated heterocycles. The summed E-state index contributed by atoms with van der Waals surface area (Å²) in [6.45, 7) is 0.137. The third kappa shape index (κ3) is 6.19. The average molecular weight is 462 g/mol. The lowest BCUT2D eigenvalue weighted by Gasteiger charge is -2.11. The van der Waals surface area contributed by atoms with Crippen LogP contribution < -0.4 is 9.42 Å². The first-order chi connectivity index (χ1) is 14.6. The van der Waals surface area contributed by atoms with Crippen LogP contribution in [0.5, 0.6) is 5.75 Å². The van der Waals surface area contributed by atoms with Gasteiger partial charge in [0, 0.05) is 5.39 Å². The van der Waals surface area contributed by atoms with E-state index in [9.17, 15) is 9.69 Å². The Morgan fingerprint density at radius 2 is 1.87 bits per heavy atom. The van der Waals surface area contributed by atoms with Crippen LogP contribution in [0.3, 0.4) is 0 Å². The molecule has 0 spiro atoms. The van der Waals surface area contributed by atoms with Crippen molar-refractivity contribution in [2.45, 2.75) is 19.1 Å². The van der Waals surface area contributed by atoms with Crippen LogP contribution in [-0.4, -0.2) is 24.0 Å². The van der Waals surface area contributed by atoms with Gasteiger partial charge in [-0.2, -0.15) is 11.8 Å². The molecule has 0 bridgehead atoms. The highest BCUT2D eigenvalue weighted by Crippen LogP contribution is 2.38. The van der Waals surface area contributed by atoms with Crippen LogP contribution in [-0.2, 0) is 16.1 Å². The molecule has 5 nitrogen and oxygen atoms in total. The SMILES string of the molecule is CSCC[C@H](N=[P+]([O-])Oc1c(Cl)ccc2ccccc12)C(=O)OCc1ccccc1. The van der Waals surface area contributed by atoms with Crippen LogP contribution in [0.2, 0.25) is 5.02 Å².